The van der Waals surface area contributed by atoms with Crippen LogP contribution in [0.25, 0.3) is 0 Å². The maximum atomic E-state index is 12.1. The van der Waals surface area contributed by atoms with E-state index in [-0.39, 0.29) is 23.4 Å². The van der Waals surface area contributed by atoms with Crippen molar-refractivity contribution >= 4 is 19.0 Å². The van der Waals surface area contributed by atoms with E-state index >= 15 is 0 Å². The molecule has 9 nitrogen and oxygen atoms in total. The Morgan fingerprint density at radius 3 is 1.42 bits per heavy atom. The maximum Gasteiger partial charge on any atom is 0.410 e. The van der Waals surface area contributed by atoms with Crippen LogP contribution in [-0.4, -0.2) is 102 Å². The van der Waals surface area contributed by atoms with Gasteiger partial charge in [0.05, 0.1) is 0 Å². The Balaban J connectivity index is 0.000000218. The number of nitrogens with one attached hydrogen (secondary N) is 1. The third-order valence-electron chi connectivity index (χ3n) is 6.25. The Labute approximate surface area is 199 Å². The normalized spacial score (nSPS) is 28.8. The zero-order valence-electron chi connectivity index (χ0n) is 21.6. The first-order chi connectivity index (χ1) is 15.3. The molecule has 9 heteroatoms. The van der Waals surface area contributed by atoms with Crippen LogP contribution in [0.4, 0.5) is 9.59 Å². The van der Waals surface area contributed by atoms with Crippen molar-refractivity contribution < 1.29 is 23.9 Å². The first kappa shape index (κ1) is 27.4. The number of hydrogen-bond acceptors (Lipinski definition) is 7. The summed E-state index contributed by atoms with van der Waals surface area (Å²) in [6.45, 7) is 17.3. The van der Waals surface area contributed by atoms with Crippen molar-refractivity contribution in [2.45, 2.75) is 103 Å². The largest absolute Gasteiger partial charge is 0.444 e. The van der Waals surface area contributed by atoms with Crippen LogP contribution in [0.15, 0.2) is 0 Å². The van der Waals surface area contributed by atoms with Gasteiger partial charge in [0.15, 0.2) is 0 Å². The van der Waals surface area contributed by atoms with Gasteiger partial charge in [0.1, 0.15) is 18.0 Å². The predicted octanol–water partition coefficient (Wildman–Crippen LogP) is 2.87. The van der Waals surface area contributed by atoms with Gasteiger partial charge in [0, 0.05) is 50.3 Å². The second kappa shape index (κ2) is 11.0. The fourth-order valence-corrected chi connectivity index (χ4v) is 5.12. The Morgan fingerprint density at radius 2 is 1.06 bits per heavy atom. The number of piperazine rings is 2. The predicted molar refractivity (Wildman–Crippen MR) is 127 cm³/mol. The molecule has 4 bridgehead atoms. The minimum absolute atomic E-state index is 0.131. The van der Waals surface area contributed by atoms with Gasteiger partial charge in [-0.15, -0.1) is 0 Å². The standard InChI is InChI=1S/C12H22N2O2.C11H20N2O2.CH2O/c1-12(2,3)16-11(15)14-9-5-6-10(14)8-13(4)7-9;1-11(2,3)15-10(14)13-8-4-5-9(13)7-12-6-8;1-2/h9-10H,5-8H2,1-4H3;8-9,12H,4-7H2,1-3H3;1H2. The molecule has 4 aliphatic rings. The van der Waals surface area contributed by atoms with E-state index in [4.69, 9.17) is 14.3 Å². The Hall–Kier alpha value is -1.87. The number of hydrogen-bond donors (Lipinski definition) is 1. The fraction of sp³-hybridized carbons (Fsp3) is 0.875. The first-order valence-electron chi connectivity index (χ1n) is 12.0. The van der Waals surface area contributed by atoms with E-state index in [0.717, 1.165) is 51.9 Å². The minimum Gasteiger partial charge on any atom is -0.444 e. The van der Waals surface area contributed by atoms with E-state index in [1.165, 1.54) is 0 Å². The molecule has 33 heavy (non-hydrogen) atoms. The van der Waals surface area contributed by atoms with Gasteiger partial charge in [-0.25, -0.2) is 9.59 Å². The van der Waals surface area contributed by atoms with Crippen molar-refractivity contribution in [3.05, 3.63) is 0 Å². The SMILES string of the molecule is C=O.CC(C)(C)OC(=O)N1C2CCC1CNC2.CN1CC2CCC(C1)N2C(=O)OC(C)(C)C. The molecule has 0 radical (unpaired) electrons. The smallest absolute Gasteiger partial charge is 0.410 e. The number of carbonyl (C=O) groups excluding carboxylic acids is 3. The lowest BCUT2D eigenvalue weighted by atomic mass is 10.2. The molecule has 4 rings (SSSR count). The highest BCUT2D eigenvalue weighted by molar-refractivity contribution is 5.70. The topological polar surface area (TPSA) is 91.4 Å². The summed E-state index contributed by atoms with van der Waals surface area (Å²) in [5.74, 6) is 0. The number of carbonyl (C=O) groups is 3. The molecule has 0 aromatic carbocycles. The summed E-state index contributed by atoms with van der Waals surface area (Å²) in [7, 11) is 2.12. The minimum atomic E-state index is -0.389. The average Bonchev–Trinajstić information content (AvgIpc) is 3.11. The third-order valence-corrected chi connectivity index (χ3v) is 6.25. The van der Waals surface area contributed by atoms with Gasteiger partial charge in [0.2, 0.25) is 0 Å². The van der Waals surface area contributed by atoms with Crippen LogP contribution in [0, 0.1) is 0 Å². The molecular weight excluding hydrogens is 424 g/mol. The molecule has 2 amide bonds. The number of amides is 2. The highest BCUT2D eigenvalue weighted by Gasteiger charge is 2.43. The zero-order valence-corrected chi connectivity index (χ0v) is 21.6. The summed E-state index contributed by atoms with van der Waals surface area (Å²) >= 11 is 0. The second-order valence-corrected chi connectivity index (χ2v) is 11.4. The van der Waals surface area contributed by atoms with Crippen molar-refractivity contribution in [3.8, 4) is 0 Å². The lowest BCUT2D eigenvalue weighted by Gasteiger charge is -2.39. The number of rotatable bonds is 0. The number of likely N-dealkylation sites (N-methyl/N-ethyl adjacent to an activating group) is 1. The van der Waals surface area contributed by atoms with E-state index in [1.807, 2.05) is 58.1 Å². The number of likely N-dealkylation sites (tertiary alicyclic amines) is 1. The summed E-state index contributed by atoms with van der Waals surface area (Å²) in [5.41, 5.74) is -0.777. The Morgan fingerprint density at radius 1 is 0.727 bits per heavy atom. The van der Waals surface area contributed by atoms with Crippen molar-refractivity contribution in [2.24, 2.45) is 0 Å². The highest BCUT2D eigenvalue weighted by atomic mass is 16.6. The van der Waals surface area contributed by atoms with Gasteiger partial charge in [0.25, 0.3) is 0 Å². The van der Waals surface area contributed by atoms with Crippen LogP contribution in [0.3, 0.4) is 0 Å². The van der Waals surface area contributed by atoms with Crippen molar-refractivity contribution in [1.82, 2.24) is 20.0 Å². The van der Waals surface area contributed by atoms with Gasteiger partial charge < -0.3 is 24.5 Å². The van der Waals surface area contributed by atoms with Gasteiger partial charge >= 0.3 is 12.2 Å². The Kier molecular flexibility index (Phi) is 9.16. The van der Waals surface area contributed by atoms with Crippen molar-refractivity contribution in [2.75, 3.05) is 33.2 Å². The van der Waals surface area contributed by atoms with Crippen molar-refractivity contribution in [1.29, 1.82) is 0 Å². The molecule has 1 N–H and O–H groups in total. The second-order valence-electron chi connectivity index (χ2n) is 11.4. The van der Waals surface area contributed by atoms with Crippen LogP contribution >= 0.6 is 0 Å². The van der Waals surface area contributed by atoms with Crippen LogP contribution < -0.4 is 5.32 Å². The van der Waals surface area contributed by atoms with Crippen LogP contribution in [-0.2, 0) is 14.3 Å². The third kappa shape index (κ3) is 7.57. The molecule has 0 aliphatic carbocycles. The fourth-order valence-electron chi connectivity index (χ4n) is 5.12. The highest BCUT2D eigenvalue weighted by Crippen LogP contribution is 2.31. The van der Waals surface area contributed by atoms with Crippen LogP contribution in [0.1, 0.15) is 67.2 Å². The lowest BCUT2D eigenvalue weighted by molar-refractivity contribution is -0.0980. The molecule has 4 unspecified atom stereocenters. The number of fused-ring (bicyclic) bond motifs is 4. The first-order valence-corrected chi connectivity index (χ1v) is 12.0. The average molecular weight is 469 g/mol. The quantitative estimate of drug-likeness (QED) is 0.584. The number of nitrogens with zero attached hydrogens (tertiary/aromatic N) is 3. The molecule has 4 atom stereocenters. The lowest BCUT2D eigenvalue weighted by Crippen LogP contribution is -2.55. The summed E-state index contributed by atoms with van der Waals surface area (Å²) in [4.78, 5) is 38.2. The molecule has 0 aromatic rings. The van der Waals surface area contributed by atoms with Gasteiger partial charge in [-0.2, -0.15) is 0 Å². The zero-order chi connectivity index (χ0) is 25.0. The molecule has 0 spiro atoms. The van der Waals surface area contributed by atoms with Crippen molar-refractivity contribution in [3.63, 3.8) is 0 Å². The molecule has 0 saturated carbocycles. The molecule has 0 aromatic heterocycles. The van der Waals surface area contributed by atoms with E-state index in [2.05, 4.69) is 17.3 Å². The van der Waals surface area contributed by atoms with E-state index in [9.17, 15) is 9.59 Å². The molecule has 4 aliphatic heterocycles. The molecule has 4 fully saturated rings. The molecule has 4 saturated heterocycles. The van der Waals surface area contributed by atoms with E-state index in [0.29, 0.717) is 24.2 Å². The molecular formula is C24H44N4O5. The summed E-state index contributed by atoms with van der Waals surface area (Å²) < 4.78 is 10.9. The number of ether oxygens (including phenoxy) is 2. The monoisotopic (exact) mass is 468 g/mol. The Bertz CT molecular complexity index is 645. The maximum absolute atomic E-state index is 12.1. The van der Waals surface area contributed by atoms with Gasteiger partial charge in [-0.05, 0) is 74.3 Å². The molecule has 190 valence electrons. The molecule has 4 heterocycles. The van der Waals surface area contributed by atoms with Crippen LogP contribution in [0.2, 0.25) is 0 Å². The van der Waals surface area contributed by atoms with Crippen LogP contribution in [0.5, 0.6) is 0 Å². The summed E-state index contributed by atoms with van der Waals surface area (Å²) in [5, 5.41) is 3.35. The van der Waals surface area contributed by atoms with Gasteiger partial charge in [-0.1, -0.05) is 0 Å². The van der Waals surface area contributed by atoms with E-state index in [1.54, 1.807) is 0 Å². The van der Waals surface area contributed by atoms with E-state index < -0.39 is 0 Å². The van der Waals surface area contributed by atoms with Gasteiger partial charge in [-0.3, -0.25) is 9.80 Å². The summed E-state index contributed by atoms with van der Waals surface area (Å²) in [6, 6.07) is 1.41. The summed E-state index contributed by atoms with van der Waals surface area (Å²) in [6.07, 6.45) is 4.18.